The van der Waals surface area contributed by atoms with Crippen molar-refractivity contribution in [3.05, 3.63) is 112 Å². The lowest BCUT2D eigenvalue weighted by molar-refractivity contribution is -0.157. The van der Waals surface area contributed by atoms with Crippen molar-refractivity contribution in [2.75, 3.05) is 60.2 Å². The van der Waals surface area contributed by atoms with Crippen LogP contribution in [0.15, 0.2) is 84.9 Å². The summed E-state index contributed by atoms with van der Waals surface area (Å²) < 4.78 is 49.4. The van der Waals surface area contributed by atoms with Crippen LogP contribution in [0.3, 0.4) is 0 Å². The Morgan fingerprint density at radius 3 is 1.32 bits per heavy atom. The van der Waals surface area contributed by atoms with Gasteiger partial charge >= 0.3 is 35.9 Å². The van der Waals surface area contributed by atoms with Gasteiger partial charge in [0, 0.05) is 5.69 Å². The summed E-state index contributed by atoms with van der Waals surface area (Å²) >= 11 is 12.0. The predicted octanol–water partition coefficient (Wildman–Crippen LogP) is 9.08. The van der Waals surface area contributed by atoms with E-state index in [-0.39, 0.29) is 41.6 Å². The van der Waals surface area contributed by atoms with Gasteiger partial charge in [-0.2, -0.15) is 0 Å². The maximum Gasteiger partial charge on any atom is 0.412 e. The minimum absolute atomic E-state index is 0.128. The highest BCUT2D eigenvalue weighted by molar-refractivity contribution is 6.37. The van der Waals surface area contributed by atoms with E-state index in [0.29, 0.717) is 46.2 Å². The fourth-order valence-corrected chi connectivity index (χ4v) is 5.47. The molecule has 0 heterocycles. The number of ether oxygens (including phenoxy) is 10. The molecular formula is C50H62Cl2N2O17. The molecule has 71 heavy (non-hydrogen) atoms. The molecule has 0 saturated heterocycles. The largest absolute Gasteiger partial charge is 0.494 e. The summed E-state index contributed by atoms with van der Waals surface area (Å²) in [7, 11) is 5.20. The second kappa shape index (κ2) is 31.8. The van der Waals surface area contributed by atoms with E-state index in [1.165, 1.54) is 52.7 Å². The zero-order valence-corrected chi connectivity index (χ0v) is 43.1. The molecule has 3 N–H and O–H groups in total. The average Bonchev–Trinajstić information content (AvgIpc) is 3.31. The van der Waals surface area contributed by atoms with Crippen molar-refractivity contribution < 1.29 is 80.9 Å². The number of rotatable bonds is 17. The maximum atomic E-state index is 11.7. The standard InChI is InChI=1S/C14H17Cl2NO5.C14H18O5.C12H16O3.C10H11NO4/c1-14(2,3)22-13(19)17-8-5-9(15)12(10(16)6-8)21-7-11(18)20-4;1-14(2,3)19-12(15)9-18-11-7-5-6-10(8-11)13(16)17-4;1-3-4-8-15-11-7-5-6-10(9-11)12(13)14-2;1-14-10(13)7-3-2-4-8(5-7)15-6-9(11)12/h5-6H,7H2,1-4H3,(H,17,19);5-8H,9H2,1-4H3;5-7,9H,3-4,8H2,1-2H3;2-5H,6H2,1H3,(H2,11,12). The number of primary amides is 1. The van der Waals surface area contributed by atoms with Gasteiger partial charge in [0.05, 0.1) is 61.8 Å². The number of halogens is 2. The second-order valence-electron chi connectivity index (χ2n) is 16.2. The van der Waals surface area contributed by atoms with Crippen molar-refractivity contribution in [2.24, 2.45) is 5.73 Å². The van der Waals surface area contributed by atoms with Crippen LogP contribution < -0.4 is 30.0 Å². The molecule has 0 unspecified atom stereocenters. The number of esters is 5. The highest BCUT2D eigenvalue weighted by Gasteiger charge is 2.19. The second-order valence-corrected chi connectivity index (χ2v) is 17.0. The molecule has 19 nitrogen and oxygen atoms in total. The number of nitrogens with two attached hydrogens (primary N) is 1. The quantitative estimate of drug-likeness (QED) is 0.0568. The number of unbranched alkanes of at least 4 members (excludes halogenated alkanes) is 1. The molecule has 0 fully saturated rings. The lowest BCUT2D eigenvalue weighted by Crippen LogP contribution is -2.27. The van der Waals surface area contributed by atoms with Crippen LogP contribution in [0.4, 0.5) is 10.5 Å². The Hall–Kier alpha value is -7.25. The first-order valence-electron chi connectivity index (χ1n) is 21.5. The van der Waals surface area contributed by atoms with E-state index in [0.717, 1.165) is 12.8 Å². The number of carbonyl (C=O) groups is 7. The third-order valence-electron chi connectivity index (χ3n) is 7.90. The predicted molar refractivity (Wildman–Crippen MR) is 264 cm³/mol. The number of methoxy groups -OCH3 is 4. The van der Waals surface area contributed by atoms with E-state index in [1.807, 2.05) is 6.07 Å². The first kappa shape index (κ1) is 61.8. The van der Waals surface area contributed by atoms with Gasteiger partial charge in [-0.25, -0.2) is 28.8 Å². The van der Waals surface area contributed by atoms with Gasteiger partial charge in [0.25, 0.3) is 5.91 Å². The average molecular weight is 1030 g/mol. The zero-order valence-electron chi connectivity index (χ0n) is 41.6. The maximum absolute atomic E-state index is 11.7. The number of hydrogen-bond donors (Lipinski definition) is 2. The third kappa shape index (κ3) is 26.9. The van der Waals surface area contributed by atoms with E-state index in [1.54, 1.807) is 96.1 Å². The van der Waals surface area contributed by atoms with Crippen LogP contribution >= 0.6 is 23.2 Å². The van der Waals surface area contributed by atoms with Crippen molar-refractivity contribution in [2.45, 2.75) is 72.5 Å². The van der Waals surface area contributed by atoms with E-state index >= 15 is 0 Å². The zero-order chi connectivity index (χ0) is 53.7. The molecule has 0 atom stereocenters. The van der Waals surface area contributed by atoms with E-state index in [4.69, 9.17) is 57.4 Å². The van der Waals surface area contributed by atoms with Gasteiger partial charge in [-0.1, -0.05) is 54.7 Å². The van der Waals surface area contributed by atoms with Crippen LogP contribution in [0, 0.1) is 0 Å². The van der Waals surface area contributed by atoms with Crippen LogP contribution in [0.2, 0.25) is 10.0 Å². The summed E-state index contributed by atoms with van der Waals surface area (Å²) in [6.07, 6.45) is 1.47. The number of carbonyl (C=O) groups excluding carboxylic acids is 7. The van der Waals surface area contributed by atoms with Gasteiger partial charge in [-0.3, -0.25) is 10.1 Å². The van der Waals surface area contributed by atoms with Crippen molar-refractivity contribution in [3.8, 4) is 23.0 Å². The number of benzene rings is 4. The Balaban J connectivity index is 0.000000479. The van der Waals surface area contributed by atoms with Crippen LogP contribution in [-0.2, 0) is 42.8 Å². The molecule has 388 valence electrons. The molecule has 0 aliphatic rings. The summed E-state index contributed by atoms with van der Waals surface area (Å²) in [5.41, 5.74) is 5.33. The molecule has 0 aliphatic carbocycles. The summed E-state index contributed by atoms with van der Waals surface area (Å²) in [6.45, 7) is 12.6. The van der Waals surface area contributed by atoms with Gasteiger partial charge in [-0.05, 0) is 115 Å². The number of hydrogen-bond acceptors (Lipinski definition) is 17. The molecule has 0 spiro atoms. The molecule has 0 aliphatic heterocycles. The molecule has 0 aromatic heterocycles. The molecule has 4 aromatic rings. The Morgan fingerprint density at radius 1 is 0.535 bits per heavy atom. The first-order valence-corrected chi connectivity index (χ1v) is 22.2. The van der Waals surface area contributed by atoms with Gasteiger partial charge < -0.3 is 53.1 Å². The minimum Gasteiger partial charge on any atom is -0.494 e. The van der Waals surface area contributed by atoms with Crippen molar-refractivity contribution in [1.82, 2.24) is 0 Å². The van der Waals surface area contributed by atoms with E-state index < -0.39 is 47.1 Å². The number of anilines is 1. The van der Waals surface area contributed by atoms with Crippen molar-refractivity contribution >= 4 is 70.7 Å². The summed E-state index contributed by atoms with van der Waals surface area (Å²) in [4.78, 5) is 78.3. The SMILES string of the molecule is CCCCOc1cccc(C(=O)OC)c1.COC(=O)COc1c(Cl)cc(NC(=O)OC(C)(C)C)cc1Cl.COC(=O)c1cccc(OCC(=O)OC(C)(C)C)c1.COC(=O)c1cccc(OCC(N)=O)c1. The van der Waals surface area contributed by atoms with Gasteiger partial charge in [-0.15, -0.1) is 0 Å². The van der Waals surface area contributed by atoms with Gasteiger partial charge in [0.15, 0.2) is 25.6 Å². The van der Waals surface area contributed by atoms with Gasteiger partial charge in [0.1, 0.15) is 28.5 Å². The van der Waals surface area contributed by atoms with Crippen LogP contribution in [0.1, 0.15) is 92.4 Å². The monoisotopic (exact) mass is 1030 g/mol. The van der Waals surface area contributed by atoms with Crippen LogP contribution in [0.5, 0.6) is 23.0 Å². The highest BCUT2D eigenvalue weighted by Crippen LogP contribution is 2.36. The van der Waals surface area contributed by atoms with E-state index in [9.17, 15) is 33.6 Å². The summed E-state index contributed by atoms with van der Waals surface area (Å²) in [5, 5.41) is 2.79. The Labute approximate surface area is 423 Å². The molecule has 0 bridgehead atoms. The lowest BCUT2D eigenvalue weighted by atomic mass is 10.2. The first-order chi connectivity index (χ1) is 33.3. The van der Waals surface area contributed by atoms with Gasteiger partial charge in [0.2, 0.25) is 0 Å². The van der Waals surface area contributed by atoms with E-state index in [2.05, 4.69) is 31.2 Å². The third-order valence-corrected chi connectivity index (χ3v) is 8.46. The Kier molecular flexibility index (Phi) is 27.7. The molecule has 0 saturated carbocycles. The Bertz CT molecular complexity index is 2360. The normalized spacial score (nSPS) is 10.3. The van der Waals surface area contributed by atoms with Crippen LogP contribution in [-0.4, -0.2) is 108 Å². The molecule has 21 heteroatoms. The molecule has 4 aromatic carbocycles. The summed E-state index contributed by atoms with van der Waals surface area (Å²) in [6, 6.07) is 22.6. The molecule has 0 radical (unpaired) electrons. The minimum atomic E-state index is -0.636. The topological polar surface area (TPSA) is 250 Å². The molecule has 2 amide bonds. The Morgan fingerprint density at radius 2 is 0.944 bits per heavy atom. The molecular weight excluding hydrogens is 971 g/mol. The summed E-state index contributed by atoms with van der Waals surface area (Å²) in [5.74, 6) is -1.20. The molecule has 4 rings (SSSR count). The lowest BCUT2D eigenvalue weighted by Gasteiger charge is -2.20. The van der Waals surface area contributed by atoms with Crippen molar-refractivity contribution in [3.63, 3.8) is 0 Å². The number of amides is 2. The highest BCUT2D eigenvalue weighted by atomic mass is 35.5. The fraction of sp³-hybridized carbons (Fsp3) is 0.380. The smallest absolute Gasteiger partial charge is 0.412 e. The number of nitrogens with one attached hydrogen (secondary N) is 1. The fourth-order valence-electron chi connectivity index (χ4n) is 4.88. The van der Waals surface area contributed by atoms with Crippen molar-refractivity contribution in [1.29, 1.82) is 0 Å². The van der Waals surface area contributed by atoms with Crippen LogP contribution in [0.25, 0.3) is 0 Å².